The molecule has 0 spiro atoms. The predicted octanol–water partition coefficient (Wildman–Crippen LogP) is 2.53. The minimum atomic E-state index is -0.619. The summed E-state index contributed by atoms with van der Waals surface area (Å²) in [6.45, 7) is 6.32. The molecule has 2 nitrogen and oxygen atoms in total. The van der Waals surface area contributed by atoms with Crippen molar-refractivity contribution in [2.75, 3.05) is 0 Å². The highest BCUT2D eigenvalue weighted by Crippen LogP contribution is 2.44. The molecule has 0 aromatic heterocycles. The first-order valence-electron chi connectivity index (χ1n) is 4.69. The third-order valence-corrected chi connectivity index (χ3v) is 3.60. The fraction of sp³-hybridized carbons (Fsp3) is 0.900. The van der Waals surface area contributed by atoms with Gasteiger partial charge in [0, 0.05) is 0 Å². The summed E-state index contributed by atoms with van der Waals surface area (Å²) in [6.07, 6.45) is 3.10. The van der Waals surface area contributed by atoms with E-state index in [1.165, 1.54) is 6.42 Å². The zero-order valence-corrected chi connectivity index (χ0v) is 8.13. The molecule has 1 aliphatic rings. The lowest BCUT2D eigenvalue weighted by molar-refractivity contribution is -0.149. The molecule has 0 radical (unpaired) electrons. The Balaban J connectivity index is 2.79. The van der Waals surface area contributed by atoms with Crippen molar-refractivity contribution in [3.8, 4) is 0 Å². The lowest BCUT2D eigenvalue weighted by Gasteiger charge is -2.41. The molecule has 12 heavy (non-hydrogen) atoms. The number of aliphatic carboxylic acids is 1. The highest BCUT2D eigenvalue weighted by Gasteiger charge is 2.41. The van der Waals surface area contributed by atoms with Crippen LogP contribution in [0, 0.1) is 17.3 Å². The molecule has 0 saturated heterocycles. The average Bonchev–Trinajstić information content (AvgIpc) is 1.94. The van der Waals surface area contributed by atoms with E-state index >= 15 is 0 Å². The molecule has 0 amide bonds. The Morgan fingerprint density at radius 3 is 2.42 bits per heavy atom. The predicted molar refractivity (Wildman–Crippen MR) is 47.9 cm³/mol. The van der Waals surface area contributed by atoms with Gasteiger partial charge in [-0.2, -0.15) is 0 Å². The van der Waals surface area contributed by atoms with Crippen LogP contribution in [0.25, 0.3) is 0 Å². The Kier molecular flexibility index (Phi) is 2.45. The summed E-state index contributed by atoms with van der Waals surface area (Å²) in [5, 5.41) is 8.99. The van der Waals surface area contributed by atoms with E-state index < -0.39 is 5.97 Å². The topological polar surface area (TPSA) is 37.3 Å². The maximum atomic E-state index is 10.9. The first-order chi connectivity index (χ1) is 5.46. The monoisotopic (exact) mass is 170 g/mol. The van der Waals surface area contributed by atoms with E-state index in [2.05, 4.69) is 20.8 Å². The molecule has 1 rings (SSSR count). The van der Waals surface area contributed by atoms with Crippen LogP contribution in [-0.2, 0) is 4.79 Å². The van der Waals surface area contributed by atoms with Crippen molar-refractivity contribution in [3.05, 3.63) is 0 Å². The molecule has 1 aliphatic carbocycles. The summed E-state index contributed by atoms with van der Waals surface area (Å²) < 4.78 is 0. The second kappa shape index (κ2) is 3.08. The Morgan fingerprint density at radius 1 is 1.42 bits per heavy atom. The van der Waals surface area contributed by atoms with Crippen LogP contribution in [0.3, 0.4) is 0 Å². The van der Waals surface area contributed by atoms with Gasteiger partial charge in [0.25, 0.3) is 0 Å². The Labute approximate surface area is 74.0 Å². The second-order valence-electron chi connectivity index (χ2n) is 4.54. The molecule has 70 valence electrons. The van der Waals surface area contributed by atoms with Crippen LogP contribution in [0.2, 0.25) is 0 Å². The second-order valence-corrected chi connectivity index (χ2v) is 4.54. The Hall–Kier alpha value is -0.530. The average molecular weight is 170 g/mol. The maximum Gasteiger partial charge on any atom is 0.307 e. The van der Waals surface area contributed by atoms with Crippen LogP contribution >= 0.6 is 0 Å². The van der Waals surface area contributed by atoms with Crippen LogP contribution in [0.15, 0.2) is 0 Å². The highest BCUT2D eigenvalue weighted by molar-refractivity contribution is 5.71. The molecule has 1 fully saturated rings. The summed E-state index contributed by atoms with van der Waals surface area (Å²) >= 11 is 0. The van der Waals surface area contributed by atoms with Crippen LogP contribution in [0.1, 0.15) is 40.0 Å². The van der Waals surface area contributed by atoms with Crippen molar-refractivity contribution in [1.29, 1.82) is 0 Å². The van der Waals surface area contributed by atoms with Crippen LogP contribution in [-0.4, -0.2) is 11.1 Å². The number of hydrogen-bond donors (Lipinski definition) is 1. The van der Waals surface area contributed by atoms with Gasteiger partial charge in [0.05, 0.1) is 5.92 Å². The van der Waals surface area contributed by atoms with Gasteiger partial charge in [-0.15, -0.1) is 0 Å². The molecule has 1 saturated carbocycles. The molecule has 0 bridgehead atoms. The van der Waals surface area contributed by atoms with Crippen molar-refractivity contribution < 1.29 is 9.90 Å². The van der Waals surface area contributed by atoms with Gasteiger partial charge in [-0.3, -0.25) is 4.79 Å². The molecule has 2 heteroatoms. The molecular formula is C10H18O2. The lowest BCUT2D eigenvalue weighted by atomic mass is 9.63. The van der Waals surface area contributed by atoms with Crippen molar-refractivity contribution in [2.45, 2.75) is 40.0 Å². The van der Waals surface area contributed by atoms with Crippen LogP contribution < -0.4 is 0 Å². The number of carbonyl (C=O) groups is 1. The third kappa shape index (κ3) is 1.47. The molecule has 1 N–H and O–H groups in total. The standard InChI is InChI=1S/C10H18O2/c1-7-5-4-6-8(9(11)12)10(7,2)3/h7-8H,4-6H2,1-3H3,(H,11,12)/t7-,8-/m0/s1. The van der Waals surface area contributed by atoms with E-state index in [-0.39, 0.29) is 11.3 Å². The maximum absolute atomic E-state index is 10.9. The van der Waals surface area contributed by atoms with Gasteiger partial charge in [-0.1, -0.05) is 33.6 Å². The SMILES string of the molecule is C[C@H]1CCC[C@@H](C(=O)O)C1(C)C. The highest BCUT2D eigenvalue weighted by atomic mass is 16.4. The summed E-state index contributed by atoms with van der Waals surface area (Å²) in [6, 6.07) is 0. The summed E-state index contributed by atoms with van der Waals surface area (Å²) in [4.78, 5) is 10.9. The molecule has 0 unspecified atom stereocenters. The fourth-order valence-electron chi connectivity index (χ4n) is 2.16. The third-order valence-electron chi connectivity index (χ3n) is 3.60. The fourth-order valence-corrected chi connectivity index (χ4v) is 2.16. The minimum Gasteiger partial charge on any atom is -0.481 e. The zero-order valence-electron chi connectivity index (χ0n) is 8.13. The first kappa shape index (κ1) is 9.56. The quantitative estimate of drug-likeness (QED) is 0.656. The number of rotatable bonds is 1. The molecule has 0 aliphatic heterocycles. The van der Waals surface area contributed by atoms with Crippen LogP contribution in [0.4, 0.5) is 0 Å². The van der Waals surface area contributed by atoms with Gasteiger partial charge in [-0.25, -0.2) is 0 Å². The first-order valence-corrected chi connectivity index (χ1v) is 4.69. The normalized spacial score (nSPS) is 34.6. The number of carboxylic acid groups (broad SMARTS) is 1. The van der Waals surface area contributed by atoms with Gasteiger partial charge >= 0.3 is 5.97 Å². The summed E-state index contributed by atoms with van der Waals surface area (Å²) in [5.41, 5.74) is -0.0237. The van der Waals surface area contributed by atoms with E-state index in [0.29, 0.717) is 5.92 Å². The Bertz CT molecular complexity index is 184. The van der Waals surface area contributed by atoms with Crippen LogP contribution in [0.5, 0.6) is 0 Å². The molecule has 0 aromatic rings. The van der Waals surface area contributed by atoms with Crippen molar-refractivity contribution in [1.82, 2.24) is 0 Å². The number of carboxylic acids is 1. The van der Waals surface area contributed by atoms with Gasteiger partial charge in [0.15, 0.2) is 0 Å². The van der Waals surface area contributed by atoms with E-state index in [1.54, 1.807) is 0 Å². The summed E-state index contributed by atoms with van der Waals surface area (Å²) in [7, 11) is 0. The molecule has 0 heterocycles. The van der Waals surface area contributed by atoms with Gasteiger partial charge in [0.1, 0.15) is 0 Å². The lowest BCUT2D eigenvalue weighted by Crippen LogP contribution is -2.39. The Morgan fingerprint density at radius 2 is 2.00 bits per heavy atom. The molecule has 2 atom stereocenters. The van der Waals surface area contributed by atoms with Crippen molar-refractivity contribution in [2.24, 2.45) is 17.3 Å². The molecule has 0 aromatic carbocycles. The van der Waals surface area contributed by atoms with Gasteiger partial charge in [0.2, 0.25) is 0 Å². The smallest absolute Gasteiger partial charge is 0.307 e. The number of hydrogen-bond acceptors (Lipinski definition) is 1. The van der Waals surface area contributed by atoms with Crippen molar-refractivity contribution >= 4 is 5.97 Å². The van der Waals surface area contributed by atoms with E-state index in [1.807, 2.05) is 0 Å². The van der Waals surface area contributed by atoms with E-state index in [0.717, 1.165) is 12.8 Å². The summed E-state index contributed by atoms with van der Waals surface area (Å²) in [5.74, 6) is -0.222. The van der Waals surface area contributed by atoms with E-state index in [9.17, 15) is 4.79 Å². The molecular weight excluding hydrogens is 152 g/mol. The largest absolute Gasteiger partial charge is 0.481 e. The van der Waals surface area contributed by atoms with Crippen molar-refractivity contribution in [3.63, 3.8) is 0 Å². The minimum absolute atomic E-state index is 0.0237. The van der Waals surface area contributed by atoms with Gasteiger partial charge in [-0.05, 0) is 17.8 Å². The van der Waals surface area contributed by atoms with Gasteiger partial charge < -0.3 is 5.11 Å². The zero-order chi connectivity index (χ0) is 9.35. The van der Waals surface area contributed by atoms with E-state index in [4.69, 9.17) is 5.11 Å².